The summed E-state index contributed by atoms with van der Waals surface area (Å²) in [4.78, 5) is 27.3. The zero-order valence-electron chi connectivity index (χ0n) is 20.0. The van der Waals surface area contributed by atoms with Gasteiger partial charge in [0.05, 0.1) is 30.6 Å². The van der Waals surface area contributed by atoms with E-state index < -0.39 is 5.60 Å². The first-order chi connectivity index (χ1) is 17.6. The minimum absolute atomic E-state index is 0.0767. The summed E-state index contributed by atoms with van der Waals surface area (Å²) in [5.41, 5.74) is 5.10. The molecule has 184 valence electrons. The van der Waals surface area contributed by atoms with E-state index in [4.69, 9.17) is 14.5 Å². The van der Waals surface area contributed by atoms with Crippen molar-refractivity contribution in [1.29, 1.82) is 0 Å². The number of benzene rings is 1. The number of aromatic nitrogens is 5. The fourth-order valence-electron chi connectivity index (χ4n) is 5.10. The van der Waals surface area contributed by atoms with Crippen LogP contribution in [0.1, 0.15) is 35.7 Å². The summed E-state index contributed by atoms with van der Waals surface area (Å²) in [5, 5.41) is 7.24. The zero-order valence-corrected chi connectivity index (χ0v) is 20.0. The molecule has 2 aliphatic heterocycles. The molecule has 2 N–H and O–H groups in total. The van der Waals surface area contributed by atoms with E-state index >= 15 is 0 Å². The van der Waals surface area contributed by atoms with E-state index in [-0.39, 0.29) is 11.6 Å². The highest BCUT2D eigenvalue weighted by atomic mass is 16.6. The number of anilines is 2. The molecule has 1 saturated carbocycles. The van der Waals surface area contributed by atoms with Crippen LogP contribution in [-0.4, -0.2) is 51.2 Å². The average Bonchev–Trinajstić information content (AvgIpc) is 3.68. The molecular weight excluding hydrogens is 458 g/mol. The zero-order chi connectivity index (χ0) is 24.3. The van der Waals surface area contributed by atoms with Crippen LogP contribution in [0.25, 0.3) is 16.7 Å². The van der Waals surface area contributed by atoms with Gasteiger partial charge in [-0.1, -0.05) is 6.07 Å². The van der Waals surface area contributed by atoms with Gasteiger partial charge in [-0.2, -0.15) is 4.98 Å². The second-order valence-electron chi connectivity index (χ2n) is 9.75. The van der Waals surface area contributed by atoms with Crippen LogP contribution in [0.4, 0.5) is 11.6 Å². The van der Waals surface area contributed by atoms with Crippen LogP contribution in [0, 0.1) is 0 Å². The van der Waals surface area contributed by atoms with Gasteiger partial charge >= 0.3 is 0 Å². The van der Waals surface area contributed by atoms with Crippen molar-refractivity contribution >= 4 is 22.7 Å². The lowest BCUT2D eigenvalue weighted by molar-refractivity contribution is -0.204. The first-order valence-electron chi connectivity index (χ1n) is 12.3. The maximum atomic E-state index is 13.4. The molecule has 1 aromatic carbocycles. The summed E-state index contributed by atoms with van der Waals surface area (Å²) in [5.74, 6) is 0.452. The maximum Gasteiger partial charge on any atom is 0.278 e. The smallest absolute Gasteiger partial charge is 0.278 e. The molecule has 0 atom stereocenters. The van der Waals surface area contributed by atoms with Crippen LogP contribution in [0.3, 0.4) is 0 Å². The molecule has 2 fully saturated rings. The van der Waals surface area contributed by atoms with Gasteiger partial charge in [0, 0.05) is 31.7 Å². The maximum absolute atomic E-state index is 13.4. The summed E-state index contributed by atoms with van der Waals surface area (Å²) < 4.78 is 14.9. The lowest BCUT2D eigenvalue weighted by atomic mass is 9.96. The fourth-order valence-corrected chi connectivity index (χ4v) is 5.10. The Labute approximate surface area is 207 Å². The molecule has 7 rings (SSSR count). The van der Waals surface area contributed by atoms with Crippen molar-refractivity contribution in [1.82, 2.24) is 29.6 Å². The van der Waals surface area contributed by atoms with Gasteiger partial charge in [0.25, 0.3) is 5.56 Å². The molecule has 3 aliphatic rings. The molecule has 0 radical (unpaired) electrons. The minimum Gasteiger partial charge on any atom is -0.374 e. The van der Waals surface area contributed by atoms with Crippen molar-refractivity contribution < 1.29 is 9.47 Å². The Morgan fingerprint density at radius 3 is 2.83 bits per heavy atom. The van der Waals surface area contributed by atoms with E-state index in [2.05, 4.69) is 32.7 Å². The number of fused-ring (bicyclic) bond motifs is 2. The van der Waals surface area contributed by atoms with E-state index in [1.54, 1.807) is 19.5 Å². The molecule has 36 heavy (non-hydrogen) atoms. The third-order valence-electron chi connectivity index (χ3n) is 7.38. The van der Waals surface area contributed by atoms with Gasteiger partial charge in [-0.15, -0.1) is 0 Å². The number of nitrogens with one attached hydrogen (secondary N) is 2. The number of pyridine rings is 1. The van der Waals surface area contributed by atoms with E-state index in [9.17, 15) is 4.79 Å². The Kier molecular flexibility index (Phi) is 4.95. The molecule has 0 amide bonds. The third kappa shape index (κ3) is 3.44. The predicted octanol–water partition coefficient (Wildman–Crippen LogP) is 2.57. The number of hydrogen-bond donors (Lipinski definition) is 2. The molecule has 0 unspecified atom stereocenters. The van der Waals surface area contributed by atoms with Gasteiger partial charge < -0.3 is 20.1 Å². The van der Waals surface area contributed by atoms with E-state index in [1.165, 1.54) is 11.1 Å². The van der Waals surface area contributed by atoms with Crippen LogP contribution < -0.4 is 16.2 Å². The molecule has 1 saturated heterocycles. The Morgan fingerprint density at radius 1 is 1.17 bits per heavy atom. The normalized spacial score (nSPS) is 18.6. The number of methoxy groups -OCH3 is 1. The molecule has 1 aliphatic carbocycles. The second kappa shape index (κ2) is 8.22. The third-order valence-corrected chi connectivity index (χ3v) is 7.38. The summed E-state index contributed by atoms with van der Waals surface area (Å²) >= 11 is 0. The van der Waals surface area contributed by atoms with Crippen molar-refractivity contribution in [3.63, 3.8) is 0 Å². The fraction of sp³-hybridized carbons (Fsp3) is 0.385. The first-order valence-corrected chi connectivity index (χ1v) is 12.3. The van der Waals surface area contributed by atoms with Gasteiger partial charge in [-0.25, -0.2) is 14.3 Å². The van der Waals surface area contributed by atoms with Crippen molar-refractivity contribution in [3.8, 4) is 5.69 Å². The number of rotatable bonds is 6. The quantitative estimate of drug-likeness (QED) is 0.429. The summed E-state index contributed by atoms with van der Waals surface area (Å²) in [7, 11) is 1.67. The highest BCUT2D eigenvalue weighted by molar-refractivity contribution is 5.77. The lowest BCUT2D eigenvalue weighted by Gasteiger charge is -2.39. The number of nitrogens with zero attached hydrogens (tertiary/aromatic N) is 5. The molecule has 10 nitrogen and oxygen atoms in total. The van der Waals surface area contributed by atoms with Crippen LogP contribution in [-0.2, 0) is 28.0 Å². The van der Waals surface area contributed by atoms with Crippen LogP contribution in [0.5, 0.6) is 0 Å². The highest BCUT2D eigenvalue weighted by Gasteiger charge is 2.42. The minimum atomic E-state index is -0.562. The van der Waals surface area contributed by atoms with Crippen molar-refractivity contribution in [2.45, 2.75) is 37.5 Å². The van der Waals surface area contributed by atoms with Crippen molar-refractivity contribution in [2.24, 2.45) is 0 Å². The van der Waals surface area contributed by atoms with Crippen LogP contribution >= 0.6 is 0 Å². The van der Waals surface area contributed by atoms with E-state index in [1.807, 2.05) is 27.6 Å². The Bertz CT molecular complexity index is 1530. The predicted molar refractivity (Wildman–Crippen MR) is 134 cm³/mol. The molecule has 0 bridgehead atoms. The number of hydrogen-bond acceptors (Lipinski definition) is 8. The monoisotopic (exact) mass is 485 g/mol. The molecular formula is C26H27N7O3. The van der Waals surface area contributed by atoms with Gasteiger partial charge in [-0.3, -0.25) is 9.78 Å². The van der Waals surface area contributed by atoms with Crippen molar-refractivity contribution in [3.05, 3.63) is 69.9 Å². The largest absolute Gasteiger partial charge is 0.374 e. The second-order valence-corrected chi connectivity index (χ2v) is 9.75. The highest BCUT2D eigenvalue weighted by Crippen LogP contribution is 2.37. The number of ether oxygens (including phenoxy) is 2. The average molecular weight is 486 g/mol. The molecule has 10 heteroatoms. The summed E-state index contributed by atoms with van der Waals surface area (Å²) in [6.07, 6.45) is 6.30. The first kappa shape index (κ1) is 21.7. The Balaban J connectivity index is 1.33. The summed E-state index contributed by atoms with van der Waals surface area (Å²) in [6.45, 7) is 2.78. The molecule has 4 aromatic rings. The van der Waals surface area contributed by atoms with E-state index in [0.717, 1.165) is 49.4 Å². The SMILES string of the molecule is COC1(c2cc(-n3c4nc(Nc5ccc6c(c5)CCNC6)ncc4c(=O)n3C3CC3)ccn2)COC1. The Morgan fingerprint density at radius 2 is 2.06 bits per heavy atom. The van der Waals surface area contributed by atoms with Gasteiger partial charge in [0.2, 0.25) is 5.95 Å². The van der Waals surface area contributed by atoms with Crippen LogP contribution in [0.2, 0.25) is 0 Å². The van der Waals surface area contributed by atoms with Gasteiger partial charge in [-0.05, 0) is 61.2 Å². The molecule has 0 spiro atoms. The van der Waals surface area contributed by atoms with Gasteiger partial charge in [0.15, 0.2) is 11.2 Å². The Hall–Kier alpha value is -3.60. The van der Waals surface area contributed by atoms with Crippen molar-refractivity contribution in [2.75, 3.05) is 32.2 Å². The summed E-state index contributed by atoms with van der Waals surface area (Å²) in [6, 6.07) is 10.4. The molecule has 3 aromatic heterocycles. The van der Waals surface area contributed by atoms with E-state index in [0.29, 0.717) is 30.2 Å². The van der Waals surface area contributed by atoms with Gasteiger partial charge in [0.1, 0.15) is 5.39 Å². The lowest BCUT2D eigenvalue weighted by Crippen LogP contribution is -2.48. The van der Waals surface area contributed by atoms with Crippen LogP contribution in [0.15, 0.2) is 47.5 Å². The topological polar surface area (TPSA) is 108 Å². The molecule has 5 heterocycles. The standard InChI is InChI=1S/C26H27N7O3/c1-35-26(14-36-15-26)22-11-20(7-9-28-22)32-23-21(24(34)33(32)19-4-5-19)13-29-25(31-23)30-18-3-2-17-12-27-8-6-16(17)10-18/h2-3,7,9-11,13,19,27H,4-6,8,12,14-15H2,1H3,(H,29,30,31).